The predicted molar refractivity (Wildman–Crippen MR) is 121 cm³/mol. The van der Waals surface area contributed by atoms with Gasteiger partial charge in [0.2, 0.25) is 0 Å². The predicted octanol–water partition coefficient (Wildman–Crippen LogP) is 6.67. The van der Waals surface area contributed by atoms with Crippen molar-refractivity contribution in [3.8, 4) is 0 Å². The van der Waals surface area contributed by atoms with Crippen molar-refractivity contribution >= 4 is 23.0 Å². The summed E-state index contributed by atoms with van der Waals surface area (Å²) in [6, 6.07) is 20.9. The lowest BCUT2D eigenvalue weighted by molar-refractivity contribution is 0.566. The Morgan fingerprint density at radius 2 is 1.71 bits per heavy atom. The summed E-state index contributed by atoms with van der Waals surface area (Å²) in [5.74, 6) is 1.30. The van der Waals surface area contributed by atoms with E-state index in [1.54, 1.807) is 0 Å². The first-order valence-electron chi connectivity index (χ1n) is 9.73. The molecule has 0 amide bonds. The lowest BCUT2D eigenvalue weighted by Gasteiger charge is -2.32. The summed E-state index contributed by atoms with van der Waals surface area (Å²) in [4.78, 5) is 6.65. The third kappa shape index (κ3) is 4.82. The number of aliphatic imine (C=N–C) groups is 1. The standard InChI is InChI=1S/C25H27ClN2/c1-19(11-10-14-21-12-6-4-7-13-21)25(27-3)28-18-23(26)17-24(20(28)2)22-15-8-5-9-16-22/h4-9,12-13,15-19H,2,10-11,14H2,1,3H3/b27-25-. The van der Waals surface area contributed by atoms with Gasteiger partial charge in [-0.2, -0.15) is 0 Å². The lowest BCUT2D eigenvalue weighted by atomic mass is 9.96. The van der Waals surface area contributed by atoms with E-state index in [2.05, 4.69) is 65.9 Å². The first kappa shape index (κ1) is 20.2. The number of halogens is 1. The zero-order valence-electron chi connectivity index (χ0n) is 16.6. The quantitative estimate of drug-likeness (QED) is 0.397. The van der Waals surface area contributed by atoms with Crippen molar-refractivity contribution in [3.05, 3.63) is 101 Å². The Bertz CT molecular complexity index is 895. The minimum atomic E-state index is 0.307. The van der Waals surface area contributed by atoms with Gasteiger partial charge >= 0.3 is 0 Å². The molecule has 3 rings (SSSR count). The first-order valence-corrected chi connectivity index (χ1v) is 10.1. The van der Waals surface area contributed by atoms with E-state index in [-0.39, 0.29) is 0 Å². The summed E-state index contributed by atoms with van der Waals surface area (Å²) >= 11 is 6.46. The number of rotatable bonds is 6. The second kappa shape index (κ2) is 9.57. The zero-order chi connectivity index (χ0) is 19.9. The van der Waals surface area contributed by atoms with E-state index in [1.807, 2.05) is 37.5 Å². The van der Waals surface area contributed by atoms with E-state index >= 15 is 0 Å². The molecule has 1 atom stereocenters. The van der Waals surface area contributed by atoms with Crippen LogP contribution in [0.4, 0.5) is 0 Å². The molecule has 0 aliphatic carbocycles. The molecule has 2 nitrogen and oxygen atoms in total. The molecule has 28 heavy (non-hydrogen) atoms. The SMILES string of the molecule is C=C1C(c2ccccc2)=CC(Cl)=CN1/C(=N\C)C(C)CCCc1ccccc1. The summed E-state index contributed by atoms with van der Waals surface area (Å²) in [5, 5.41) is 0.684. The zero-order valence-corrected chi connectivity index (χ0v) is 17.4. The first-order chi connectivity index (χ1) is 13.6. The van der Waals surface area contributed by atoms with Crippen LogP contribution in [0.5, 0.6) is 0 Å². The van der Waals surface area contributed by atoms with Crippen LogP contribution in [0.15, 0.2) is 95.2 Å². The lowest BCUT2D eigenvalue weighted by Crippen LogP contribution is -2.32. The van der Waals surface area contributed by atoms with Gasteiger partial charge in [0.05, 0.1) is 5.03 Å². The normalized spacial score (nSPS) is 15.9. The molecule has 0 N–H and O–H groups in total. The molecule has 3 heteroatoms. The second-order valence-electron chi connectivity index (χ2n) is 7.12. The molecule has 1 heterocycles. The molecule has 0 saturated heterocycles. The maximum Gasteiger partial charge on any atom is 0.110 e. The number of hydrogen-bond donors (Lipinski definition) is 0. The molecule has 2 aromatic carbocycles. The van der Waals surface area contributed by atoms with Crippen LogP contribution >= 0.6 is 11.6 Å². The molecule has 144 valence electrons. The average molecular weight is 391 g/mol. The largest absolute Gasteiger partial charge is 0.304 e. The van der Waals surface area contributed by atoms with Gasteiger partial charge < -0.3 is 4.90 Å². The Morgan fingerprint density at radius 3 is 2.36 bits per heavy atom. The van der Waals surface area contributed by atoms with Crippen LogP contribution < -0.4 is 0 Å². The van der Waals surface area contributed by atoms with Crippen LogP contribution in [0.3, 0.4) is 0 Å². The van der Waals surface area contributed by atoms with Crippen molar-refractivity contribution in [2.24, 2.45) is 10.9 Å². The topological polar surface area (TPSA) is 15.6 Å². The fourth-order valence-corrected chi connectivity index (χ4v) is 3.82. The van der Waals surface area contributed by atoms with Crippen molar-refractivity contribution in [1.82, 2.24) is 4.90 Å². The Morgan fingerprint density at radius 1 is 1.07 bits per heavy atom. The van der Waals surface area contributed by atoms with Gasteiger partial charge in [0.15, 0.2) is 0 Å². The second-order valence-corrected chi connectivity index (χ2v) is 7.55. The molecular weight excluding hydrogens is 364 g/mol. The third-order valence-electron chi connectivity index (χ3n) is 5.08. The summed E-state index contributed by atoms with van der Waals surface area (Å²) in [6.45, 7) is 6.57. The van der Waals surface area contributed by atoms with Gasteiger partial charge in [0.1, 0.15) is 5.84 Å². The van der Waals surface area contributed by atoms with Crippen LogP contribution in [-0.2, 0) is 6.42 Å². The van der Waals surface area contributed by atoms with Gasteiger partial charge in [0.25, 0.3) is 0 Å². The number of hydrogen-bond acceptors (Lipinski definition) is 1. The summed E-state index contributed by atoms with van der Waals surface area (Å²) < 4.78 is 0. The van der Waals surface area contributed by atoms with Crippen molar-refractivity contribution in [2.45, 2.75) is 26.2 Å². The van der Waals surface area contributed by atoms with Gasteiger partial charge in [-0.15, -0.1) is 0 Å². The van der Waals surface area contributed by atoms with Crippen LogP contribution in [-0.4, -0.2) is 17.8 Å². The molecule has 2 aromatic rings. The van der Waals surface area contributed by atoms with E-state index in [1.165, 1.54) is 5.56 Å². The molecule has 1 aliphatic heterocycles. The molecule has 0 bridgehead atoms. The fraction of sp³-hybridized carbons (Fsp3) is 0.240. The summed E-state index contributed by atoms with van der Waals surface area (Å²) in [7, 11) is 1.85. The van der Waals surface area contributed by atoms with Crippen LogP contribution in [0, 0.1) is 5.92 Å². The minimum Gasteiger partial charge on any atom is -0.304 e. The fourth-order valence-electron chi connectivity index (χ4n) is 3.61. The number of allylic oxidation sites excluding steroid dienone is 3. The van der Waals surface area contributed by atoms with Crippen molar-refractivity contribution in [1.29, 1.82) is 0 Å². The van der Waals surface area contributed by atoms with Crippen molar-refractivity contribution < 1.29 is 0 Å². The Balaban J connectivity index is 1.71. The van der Waals surface area contributed by atoms with Gasteiger partial charge in [-0.1, -0.05) is 85.8 Å². The van der Waals surface area contributed by atoms with Gasteiger partial charge in [-0.3, -0.25) is 4.99 Å². The highest BCUT2D eigenvalue weighted by Crippen LogP contribution is 2.33. The molecule has 1 aliphatic rings. The van der Waals surface area contributed by atoms with Crippen LogP contribution in [0.25, 0.3) is 5.57 Å². The highest BCUT2D eigenvalue weighted by Gasteiger charge is 2.24. The molecule has 0 saturated carbocycles. The number of nitrogens with zero attached hydrogens (tertiary/aromatic N) is 2. The average Bonchev–Trinajstić information content (AvgIpc) is 2.72. The van der Waals surface area contributed by atoms with Gasteiger partial charge in [0, 0.05) is 30.4 Å². The maximum atomic E-state index is 6.46. The monoisotopic (exact) mass is 390 g/mol. The van der Waals surface area contributed by atoms with Crippen molar-refractivity contribution in [2.75, 3.05) is 7.05 Å². The van der Waals surface area contributed by atoms with E-state index in [0.717, 1.165) is 41.9 Å². The highest BCUT2D eigenvalue weighted by atomic mass is 35.5. The van der Waals surface area contributed by atoms with E-state index in [0.29, 0.717) is 11.0 Å². The van der Waals surface area contributed by atoms with Crippen LogP contribution in [0.1, 0.15) is 30.9 Å². The van der Waals surface area contributed by atoms with Gasteiger partial charge in [-0.05, 0) is 36.5 Å². The van der Waals surface area contributed by atoms with E-state index in [9.17, 15) is 0 Å². The highest BCUT2D eigenvalue weighted by molar-refractivity contribution is 6.32. The number of benzene rings is 2. The molecule has 1 unspecified atom stereocenters. The molecule has 0 fully saturated rings. The number of aryl methyl sites for hydroxylation is 1. The molecule has 0 spiro atoms. The smallest absolute Gasteiger partial charge is 0.110 e. The molecular formula is C25H27ClN2. The Kier molecular flexibility index (Phi) is 6.89. The van der Waals surface area contributed by atoms with E-state index in [4.69, 9.17) is 11.6 Å². The maximum absolute atomic E-state index is 6.46. The minimum absolute atomic E-state index is 0.307. The summed E-state index contributed by atoms with van der Waals surface area (Å²) in [5.41, 5.74) is 4.43. The van der Waals surface area contributed by atoms with Crippen LogP contribution in [0.2, 0.25) is 0 Å². The molecule has 0 radical (unpaired) electrons. The van der Waals surface area contributed by atoms with E-state index < -0.39 is 0 Å². The molecule has 0 aromatic heterocycles. The Labute approximate surface area is 173 Å². The Hall–Kier alpha value is -2.58. The number of amidine groups is 1. The van der Waals surface area contributed by atoms with Crippen molar-refractivity contribution in [3.63, 3.8) is 0 Å². The summed E-state index contributed by atoms with van der Waals surface area (Å²) in [6.07, 6.45) is 7.15. The van der Waals surface area contributed by atoms with Gasteiger partial charge in [-0.25, -0.2) is 0 Å². The third-order valence-corrected chi connectivity index (χ3v) is 5.29.